The highest BCUT2D eigenvalue weighted by atomic mass is 32.2. The van der Waals surface area contributed by atoms with Crippen LogP contribution in [0.5, 0.6) is 0 Å². The Kier molecular flexibility index (Phi) is 3.69. The van der Waals surface area contributed by atoms with E-state index in [0.29, 0.717) is 0 Å². The number of thioether (sulfide) groups is 1. The van der Waals surface area contributed by atoms with Crippen molar-refractivity contribution in [2.75, 3.05) is 19.8 Å². The van der Waals surface area contributed by atoms with Crippen molar-refractivity contribution in [3.63, 3.8) is 0 Å². The van der Waals surface area contributed by atoms with Gasteiger partial charge < -0.3 is 4.90 Å². The first-order valence-corrected chi connectivity index (χ1v) is 7.51. The standard InChI is InChI=1S/C15H16N4S/c1-19(2)10-18-15-12-7-8-20-13-6-4-3-5-11(13)14(12)16-9-17-15/h3-6,9-10H,7-8H2,1-2H3. The molecular weight excluding hydrogens is 268 g/mol. The maximum atomic E-state index is 4.50. The molecule has 3 rings (SSSR count). The van der Waals surface area contributed by atoms with E-state index in [2.05, 4.69) is 39.2 Å². The van der Waals surface area contributed by atoms with Gasteiger partial charge in [-0.05, 0) is 12.5 Å². The largest absolute Gasteiger partial charge is 0.369 e. The van der Waals surface area contributed by atoms with Gasteiger partial charge in [0.15, 0.2) is 5.82 Å². The molecule has 20 heavy (non-hydrogen) atoms. The summed E-state index contributed by atoms with van der Waals surface area (Å²) >= 11 is 1.87. The maximum absolute atomic E-state index is 4.50. The quantitative estimate of drug-likeness (QED) is 0.628. The Hall–Kier alpha value is -1.88. The third kappa shape index (κ3) is 2.54. The van der Waals surface area contributed by atoms with E-state index in [0.717, 1.165) is 29.2 Å². The Morgan fingerprint density at radius 3 is 2.95 bits per heavy atom. The number of hydrogen-bond acceptors (Lipinski definition) is 4. The fourth-order valence-corrected chi connectivity index (χ4v) is 3.22. The van der Waals surface area contributed by atoms with Crippen LogP contribution in [0.15, 0.2) is 40.5 Å². The topological polar surface area (TPSA) is 41.4 Å². The molecule has 0 unspecified atom stereocenters. The fourth-order valence-electron chi connectivity index (χ4n) is 2.20. The number of aliphatic imine (C=N–C) groups is 1. The summed E-state index contributed by atoms with van der Waals surface area (Å²) in [5.74, 6) is 1.81. The molecule has 1 aromatic heterocycles. The summed E-state index contributed by atoms with van der Waals surface area (Å²) < 4.78 is 0. The van der Waals surface area contributed by atoms with E-state index in [1.807, 2.05) is 30.8 Å². The summed E-state index contributed by atoms with van der Waals surface area (Å²) in [7, 11) is 3.91. The number of rotatable bonds is 2. The van der Waals surface area contributed by atoms with E-state index in [1.54, 1.807) is 12.7 Å². The second kappa shape index (κ2) is 5.63. The van der Waals surface area contributed by atoms with E-state index >= 15 is 0 Å². The van der Waals surface area contributed by atoms with Gasteiger partial charge in [0, 0.05) is 35.9 Å². The van der Waals surface area contributed by atoms with Crippen LogP contribution < -0.4 is 0 Å². The molecule has 1 aliphatic heterocycles. The molecule has 5 heteroatoms. The Bertz CT molecular complexity index is 652. The number of hydrogen-bond donors (Lipinski definition) is 0. The third-order valence-electron chi connectivity index (χ3n) is 3.09. The molecule has 0 saturated carbocycles. The predicted octanol–water partition coefficient (Wildman–Crippen LogP) is 3.01. The van der Waals surface area contributed by atoms with E-state index in [1.165, 1.54) is 10.5 Å². The highest BCUT2D eigenvalue weighted by molar-refractivity contribution is 7.99. The van der Waals surface area contributed by atoms with Crippen molar-refractivity contribution < 1.29 is 0 Å². The number of benzene rings is 1. The minimum absolute atomic E-state index is 0.779. The maximum Gasteiger partial charge on any atom is 0.160 e. The van der Waals surface area contributed by atoms with Crippen LogP contribution in [0.1, 0.15) is 5.56 Å². The van der Waals surface area contributed by atoms with Crippen molar-refractivity contribution in [2.45, 2.75) is 11.3 Å². The van der Waals surface area contributed by atoms with E-state index in [-0.39, 0.29) is 0 Å². The average molecular weight is 284 g/mol. The summed E-state index contributed by atoms with van der Waals surface area (Å²) in [6, 6.07) is 8.40. The summed E-state index contributed by atoms with van der Waals surface area (Å²) in [5.41, 5.74) is 3.35. The molecule has 4 nitrogen and oxygen atoms in total. The summed E-state index contributed by atoms with van der Waals surface area (Å²) in [6.45, 7) is 0. The molecule has 0 bridgehead atoms. The van der Waals surface area contributed by atoms with Crippen LogP contribution in [0.4, 0.5) is 5.82 Å². The van der Waals surface area contributed by atoms with Gasteiger partial charge in [0.25, 0.3) is 0 Å². The molecule has 0 amide bonds. The van der Waals surface area contributed by atoms with Crippen LogP contribution in [0.25, 0.3) is 11.3 Å². The molecule has 0 saturated heterocycles. The molecule has 0 N–H and O–H groups in total. The first kappa shape index (κ1) is 13.1. The molecule has 0 atom stereocenters. The first-order chi connectivity index (χ1) is 9.75. The van der Waals surface area contributed by atoms with Crippen LogP contribution in [-0.4, -0.2) is 41.1 Å². The zero-order chi connectivity index (χ0) is 13.9. The minimum atomic E-state index is 0.779. The van der Waals surface area contributed by atoms with Crippen molar-refractivity contribution >= 4 is 23.9 Å². The van der Waals surface area contributed by atoms with Gasteiger partial charge in [-0.15, -0.1) is 11.8 Å². The van der Waals surface area contributed by atoms with Crippen molar-refractivity contribution in [3.8, 4) is 11.3 Å². The lowest BCUT2D eigenvalue weighted by Crippen LogP contribution is -2.07. The van der Waals surface area contributed by atoms with Gasteiger partial charge in [0.05, 0.1) is 12.0 Å². The Morgan fingerprint density at radius 1 is 1.25 bits per heavy atom. The molecule has 1 aliphatic rings. The molecule has 0 spiro atoms. The van der Waals surface area contributed by atoms with Crippen LogP contribution >= 0.6 is 11.8 Å². The monoisotopic (exact) mass is 284 g/mol. The van der Waals surface area contributed by atoms with Crippen molar-refractivity contribution in [1.82, 2.24) is 14.9 Å². The zero-order valence-electron chi connectivity index (χ0n) is 11.6. The minimum Gasteiger partial charge on any atom is -0.369 e. The number of nitrogens with zero attached hydrogens (tertiary/aromatic N) is 4. The molecule has 1 aromatic carbocycles. The molecule has 0 aliphatic carbocycles. The summed E-state index contributed by atoms with van der Waals surface area (Å²) in [6.07, 6.45) is 4.33. The highest BCUT2D eigenvalue weighted by Gasteiger charge is 2.18. The van der Waals surface area contributed by atoms with Gasteiger partial charge >= 0.3 is 0 Å². The molecule has 2 aromatic rings. The summed E-state index contributed by atoms with van der Waals surface area (Å²) in [4.78, 5) is 16.5. The van der Waals surface area contributed by atoms with E-state index in [4.69, 9.17) is 0 Å². The van der Waals surface area contributed by atoms with Crippen LogP contribution in [0.3, 0.4) is 0 Å². The Labute approximate surface area is 123 Å². The van der Waals surface area contributed by atoms with Gasteiger partial charge in [-0.3, -0.25) is 0 Å². The number of fused-ring (bicyclic) bond motifs is 3. The summed E-state index contributed by atoms with van der Waals surface area (Å²) in [5, 5.41) is 0. The van der Waals surface area contributed by atoms with Gasteiger partial charge in [-0.25, -0.2) is 15.0 Å². The third-order valence-corrected chi connectivity index (χ3v) is 4.16. The van der Waals surface area contributed by atoms with Crippen LogP contribution in [-0.2, 0) is 6.42 Å². The number of aromatic nitrogens is 2. The van der Waals surface area contributed by atoms with Gasteiger partial charge in [-0.2, -0.15) is 0 Å². The normalized spacial score (nSPS) is 13.7. The van der Waals surface area contributed by atoms with Crippen molar-refractivity contribution in [1.29, 1.82) is 0 Å². The van der Waals surface area contributed by atoms with Gasteiger partial charge in [0.2, 0.25) is 0 Å². The van der Waals surface area contributed by atoms with Crippen molar-refractivity contribution in [3.05, 3.63) is 36.2 Å². The lowest BCUT2D eigenvalue weighted by Gasteiger charge is -2.09. The zero-order valence-corrected chi connectivity index (χ0v) is 12.4. The molecule has 2 heterocycles. The highest BCUT2D eigenvalue weighted by Crippen LogP contribution is 2.38. The van der Waals surface area contributed by atoms with Gasteiger partial charge in [-0.1, -0.05) is 18.2 Å². The Morgan fingerprint density at radius 2 is 2.10 bits per heavy atom. The molecule has 0 radical (unpaired) electrons. The van der Waals surface area contributed by atoms with Crippen LogP contribution in [0, 0.1) is 0 Å². The smallest absolute Gasteiger partial charge is 0.160 e. The molecule has 102 valence electrons. The molecular formula is C15H16N4S. The predicted molar refractivity (Wildman–Crippen MR) is 83.7 cm³/mol. The lowest BCUT2D eigenvalue weighted by molar-refractivity contribution is 0.643. The Balaban J connectivity index is 2.13. The first-order valence-electron chi connectivity index (χ1n) is 6.52. The van der Waals surface area contributed by atoms with E-state index < -0.39 is 0 Å². The average Bonchev–Trinajstić information content (AvgIpc) is 2.65. The van der Waals surface area contributed by atoms with E-state index in [9.17, 15) is 0 Å². The lowest BCUT2D eigenvalue weighted by atomic mass is 10.0. The van der Waals surface area contributed by atoms with Crippen LogP contribution in [0.2, 0.25) is 0 Å². The molecule has 0 fully saturated rings. The van der Waals surface area contributed by atoms with Crippen molar-refractivity contribution in [2.24, 2.45) is 4.99 Å². The second-order valence-corrected chi connectivity index (χ2v) is 5.96. The second-order valence-electron chi connectivity index (χ2n) is 4.83. The van der Waals surface area contributed by atoms with Gasteiger partial charge in [0.1, 0.15) is 6.33 Å². The fraction of sp³-hybridized carbons (Fsp3) is 0.267. The SMILES string of the molecule is CN(C)C=Nc1ncnc2c1CCSc1ccccc1-2.